The van der Waals surface area contributed by atoms with E-state index in [-0.39, 0.29) is 5.56 Å². The van der Waals surface area contributed by atoms with Crippen molar-refractivity contribution in [2.45, 2.75) is 19.8 Å². The van der Waals surface area contributed by atoms with E-state index in [0.29, 0.717) is 0 Å². The molecule has 0 bridgehead atoms. The predicted molar refractivity (Wildman–Crippen MR) is 82.7 cm³/mol. The van der Waals surface area contributed by atoms with Gasteiger partial charge in [0.15, 0.2) is 0 Å². The van der Waals surface area contributed by atoms with Crippen LogP contribution in [0.25, 0.3) is 0 Å². The van der Waals surface area contributed by atoms with Crippen LogP contribution in [-0.2, 0) is 0 Å². The second kappa shape index (κ2) is 7.19. The zero-order valence-corrected chi connectivity index (χ0v) is 11.8. The topological polar surface area (TPSA) is 74.6 Å². The summed E-state index contributed by atoms with van der Waals surface area (Å²) in [4.78, 5) is 15.1. The number of anilines is 1. The number of benzene rings is 1. The maximum Gasteiger partial charge on any atom is 0.335 e. The SMILES string of the molecule is CCC/C(=N\Nc1ccc(C(=O)O)cc1)c1ccccn1. The highest BCUT2D eigenvalue weighted by Crippen LogP contribution is 2.11. The summed E-state index contributed by atoms with van der Waals surface area (Å²) in [6.07, 6.45) is 3.52. The summed E-state index contributed by atoms with van der Waals surface area (Å²) in [5, 5.41) is 13.2. The van der Waals surface area contributed by atoms with Crippen LogP contribution in [0.3, 0.4) is 0 Å². The van der Waals surface area contributed by atoms with Crippen LogP contribution < -0.4 is 5.43 Å². The van der Waals surface area contributed by atoms with Gasteiger partial charge < -0.3 is 5.11 Å². The molecule has 0 saturated heterocycles. The Hall–Kier alpha value is -2.69. The monoisotopic (exact) mass is 283 g/mol. The highest BCUT2D eigenvalue weighted by atomic mass is 16.4. The Balaban J connectivity index is 2.14. The fraction of sp³-hybridized carbons (Fsp3) is 0.188. The smallest absolute Gasteiger partial charge is 0.335 e. The van der Waals surface area contributed by atoms with E-state index in [4.69, 9.17) is 5.11 Å². The molecule has 5 nitrogen and oxygen atoms in total. The molecule has 0 aliphatic rings. The molecule has 0 aliphatic heterocycles. The summed E-state index contributed by atoms with van der Waals surface area (Å²) >= 11 is 0. The van der Waals surface area contributed by atoms with Gasteiger partial charge >= 0.3 is 5.97 Å². The molecule has 1 heterocycles. The average Bonchev–Trinajstić information content (AvgIpc) is 2.52. The minimum atomic E-state index is -0.940. The summed E-state index contributed by atoms with van der Waals surface area (Å²) in [5.74, 6) is -0.940. The van der Waals surface area contributed by atoms with Gasteiger partial charge in [0, 0.05) is 6.20 Å². The fourth-order valence-electron chi connectivity index (χ4n) is 1.83. The van der Waals surface area contributed by atoms with E-state index < -0.39 is 5.97 Å². The minimum absolute atomic E-state index is 0.253. The second-order valence-corrected chi connectivity index (χ2v) is 4.52. The highest BCUT2D eigenvalue weighted by molar-refractivity contribution is 5.99. The molecular weight excluding hydrogens is 266 g/mol. The number of carboxylic acid groups (broad SMARTS) is 1. The Bertz CT molecular complexity index is 622. The van der Waals surface area contributed by atoms with Crippen molar-refractivity contribution in [1.29, 1.82) is 0 Å². The number of nitrogens with zero attached hydrogens (tertiary/aromatic N) is 2. The molecule has 2 aromatic rings. The van der Waals surface area contributed by atoms with Gasteiger partial charge in [0.2, 0.25) is 0 Å². The third kappa shape index (κ3) is 4.14. The Morgan fingerprint density at radius 1 is 1.24 bits per heavy atom. The number of carbonyl (C=O) groups is 1. The molecule has 0 unspecified atom stereocenters. The van der Waals surface area contributed by atoms with Crippen molar-refractivity contribution in [3.63, 3.8) is 0 Å². The van der Waals surface area contributed by atoms with Gasteiger partial charge in [-0.05, 0) is 42.8 Å². The standard InChI is InChI=1S/C16H17N3O2/c1-2-5-15(14-6-3-4-11-17-14)19-18-13-9-7-12(8-10-13)16(20)21/h3-4,6-11,18H,2,5H2,1H3,(H,20,21)/b19-15+. The Labute approximate surface area is 123 Å². The predicted octanol–water partition coefficient (Wildman–Crippen LogP) is 3.40. The highest BCUT2D eigenvalue weighted by Gasteiger charge is 2.04. The first-order valence-electron chi connectivity index (χ1n) is 6.78. The van der Waals surface area contributed by atoms with Gasteiger partial charge in [-0.25, -0.2) is 4.79 Å². The lowest BCUT2D eigenvalue weighted by atomic mass is 10.1. The summed E-state index contributed by atoms with van der Waals surface area (Å²) in [6.45, 7) is 2.08. The van der Waals surface area contributed by atoms with E-state index in [1.807, 2.05) is 18.2 Å². The van der Waals surface area contributed by atoms with Gasteiger partial charge in [0.05, 0.1) is 22.7 Å². The summed E-state index contributed by atoms with van der Waals surface area (Å²) in [5.41, 5.74) is 5.66. The normalized spacial score (nSPS) is 11.2. The molecule has 108 valence electrons. The van der Waals surface area contributed by atoms with Gasteiger partial charge in [-0.3, -0.25) is 10.4 Å². The number of pyridine rings is 1. The van der Waals surface area contributed by atoms with E-state index in [1.54, 1.807) is 30.5 Å². The lowest BCUT2D eigenvalue weighted by Gasteiger charge is -2.06. The van der Waals surface area contributed by atoms with Crippen LogP contribution >= 0.6 is 0 Å². The molecule has 0 aliphatic carbocycles. The number of rotatable bonds is 6. The van der Waals surface area contributed by atoms with Crippen LogP contribution in [0, 0.1) is 0 Å². The van der Waals surface area contributed by atoms with E-state index in [9.17, 15) is 4.79 Å². The molecule has 0 atom stereocenters. The molecule has 0 saturated carbocycles. The zero-order chi connectivity index (χ0) is 15.1. The van der Waals surface area contributed by atoms with Crippen molar-refractivity contribution in [2.24, 2.45) is 5.10 Å². The van der Waals surface area contributed by atoms with Crippen molar-refractivity contribution in [3.05, 3.63) is 59.9 Å². The minimum Gasteiger partial charge on any atom is -0.478 e. The molecule has 0 spiro atoms. The third-order valence-corrected chi connectivity index (χ3v) is 2.90. The number of aromatic carboxylic acids is 1. The van der Waals surface area contributed by atoms with Crippen LogP contribution in [-0.4, -0.2) is 21.8 Å². The summed E-state index contributed by atoms with van der Waals surface area (Å²) < 4.78 is 0. The molecule has 5 heteroatoms. The molecule has 2 N–H and O–H groups in total. The molecule has 0 fully saturated rings. The number of hydrogen-bond acceptors (Lipinski definition) is 4. The van der Waals surface area contributed by atoms with E-state index in [0.717, 1.165) is 29.9 Å². The maximum atomic E-state index is 10.8. The van der Waals surface area contributed by atoms with Crippen molar-refractivity contribution in [3.8, 4) is 0 Å². The van der Waals surface area contributed by atoms with Crippen LogP contribution in [0.5, 0.6) is 0 Å². The van der Waals surface area contributed by atoms with Crippen LogP contribution in [0.4, 0.5) is 5.69 Å². The molecule has 2 rings (SSSR count). The van der Waals surface area contributed by atoms with Crippen molar-refractivity contribution in [1.82, 2.24) is 4.98 Å². The summed E-state index contributed by atoms with van der Waals surface area (Å²) in [7, 11) is 0. The molecular formula is C16H17N3O2. The van der Waals surface area contributed by atoms with Crippen LogP contribution in [0.1, 0.15) is 35.8 Å². The van der Waals surface area contributed by atoms with Gasteiger partial charge in [0.1, 0.15) is 0 Å². The number of hydrazone groups is 1. The van der Waals surface area contributed by atoms with Gasteiger partial charge in [-0.1, -0.05) is 19.4 Å². The quantitative estimate of drug-likeness (QED) is 0.629. The van der Waals surface area contributed by atoms with Crippen molar-refractivity contribution >= 4 is 17.4 Å². The maximum absolute atomic E-state index is 10.8. The average molecular weight is 283 g/mol. The number of carboxylic acids is 1. The molecule has 0 amide bonds. The molecule has 1 aromatic carbocycles. The zero-order valence-electron chi connectivity index (χ0n) is 11.8. The summed E-state index contributed by atoms with van der Waals surface area (Å²) in [6, 6.07) is 12.2. The number of hydrogen-bond donors (Lipinski definition) is 2. The van der Waals surface area contributed by atoms with Gasteiger partial charge in [0.25, 0.3) is 0 Å². The first-order valence-corrected chi connectivity index (χ1v) is 6.78. The first kappa shape index (κ1) is 14.7. The Morgan fingerprint density at radius 3 is 2.57 bits per heavy atom. The van der Waals surface area contributed by atoms with Crippen LogP contribution in [0.2, 0.25) is 0 Å². The first-order chi connectivity index (χ1) is 10.2. The van der Waals surface area contributed by atoms with E-state index >= 15 is 0 Å². The second-order valence-electron chi connectivity index (χ2n) is 4.52. The third-order valence-electron chi connectivity index (χ3n) is 2.90. The Morgan fingerprint density at radius 2 is 2.00 bits per heavy atom. The van der Waals surface area contributed by atoms with Crippen LogP contribution in [0.15, 0.2) is 53.8 Å². The Kier molecular flexibility index (Phi) is 5.04. The molecule has 21 heavy (non-hydrogen) atoms. The van der Waals surface area contributed by atoms with Crippen molar-refractivity contribution < 1.29 is 9.90 Å². The van der Waals surface area contributed by atoms with Gasteiger partial charge in [-0.15, -0.1) is 0 Å². The number of nitrogens with one attached hydrogen (secondary N) is 1. The lowest BCUT2D eigenvalue weighted by Crippen LogP contribution is -2.06. The lowest BCUT2D eigenvalue weighted by molar-refractivity contribution is 0.0697. The van der Waals surface area contributed by atoms with E-state index in [1.165, 1.54) is 0 Å². The van der Waals surface area contributed by atoms with Gasteiger partial charge in [-0.2, -0.15) is 5.10 Å². The van der Waals surface area contributed by atoms with Crippen molar-refractivity contribution in [2.75, 3.05) is 5.43 Å². The molecule has 1 aromatic heterocycles. The largest absolute Gasteiger partial charge is 0.478 e. The number of aromatic nitrogens is 1. The fourth-order valence-corrected chi connectivity index (χ4v) is 1.83. The molecule has 0 radical (unpaired) electrons. The van der Waals surface area contributed by atoms with E-state index in [2.05, 4.69) is 22.4 Å².